The number of nitrogens with zero attached hydrogens (tertiary/aromatic N) is 3. The predicted octanol–water partition coefficient (Wildman–Crippen LogP) is 27.2. The molecule has 0 saturated heterocycles. The molecule has 119 heavy (non-hydrogen) atoms. The highest BCUT2D eigenvalue weighted by molar-refractivity contribution is 8.00. The van der Waals surface area contributed by atoms with E-state index in [-0.39, 0.29) is 35.1 Å². The van der Waals surface area contributed by atoms with E-state index >= 15 is 0 Å². The van der Waals surface area contributed by atoms with Crippen LogP contribution in [0.25, 0.3) is 105 Å². The summed E-state index contributed by atoms with van der Waals surface area (Å²) in [7, 11) is 0. The largest absolute Gasteiger partial charge is 0.311 e. The first-order valence-corrected chi connectivity index (χ1v) is 43.8. The highest BCUT2D eigenvalue weighted by Crippen LogP contribution is 2.55. The summed E-state index contributed by atoms with van der Waals surface area (Å²) in [6, 6.07) is 133. The van der Waals surface area contributed by atoms with Crippen LogP contribution < -0.4 is 42.6 Å². The Morgan fingerprint density at radius 3 is 1.02 bits per heavy atom. The van der Waals surface area contributed by atoms with Crippen LogP contribution in [-0.4, -0.2) is 18.0 Å². The molecule has 17 aromatic rings. The first-order valence-electron chi connectivity index (χ1n) is 42.1. The quantitative estimate of drug-likeness (QED) is 0.126. The molecule has 4 aliphatic rings. The molecule has 3 nitrogen and oxygen atoms in total. The van der Waals surface area contributed by atoms with E-state index < -0.39 is 0 Å². The molecule has 0 bridgehead atoms. The van der Waals surface area contributed by atoms with Gasteiger partial charge in [-0.25, -0.2) is 0 Å². The number of hydrogen-bond acceptors (Lipinski definition) is 4. The Hall–Kier alpha value is -12.3. The lowest BCUT2D eigenvalue weighted by atomic mass is 9.31. The van der Waals surface area contributed by atoms with Gasteiger partial charge in [0, 0.05) is 75.6 Å². The summed E-state index contributed by atoms with van der Waals surface area (Å²) < 4.78 is 2.50. The molecule has 0 saturated carbocycles. The topological polar surface area (TPSA) is 11.4 Å². The summed E-state index contributed by atoms with van der Waals surface area (Å²) in [6.07, 6.45) is 0. The van der Waals surface area contributed by atoms with Gasteiger partial charge in [0.1, 0.15) is 0 Å². The molecule has 0 aliphatic carbocycles. The van der Waals surface area contributed by atoms with Crippen molar-refractivity contribution in [3.05, 3.63) is 368 Å². The lowest BCUT2D eigenvalue weighted by molar-refractivity contribution is 0.568. The number of rotatable bonds is 10. The van der Waals surface area contributed by atoms with Crippen LogP contribution in [-0.2, 0) is 21.7 Å². The maximum Gasteiger partial charge on any atom is 0.249 e. The SMILES string of the molecule is CC(C)(C)c1cc(-c2cc3c4c(c2)N(c2ccc(-c5ccccc5)cc2)c2cc5c(cc2B4c2ccc(-n4c6ccccc6c6ccccc64)cc2S3)B2c3ccc(-c4ccccc4)cc3Sc3cc(-c4cc(C(C)(C)C)cc(C(C)(C)C)c4)cc(c32)N5c2c(-c3ccccc3)cc(-c3ccccc3)cc2-c2ccccc2)cc(C(C)(C)C)c1. The van der Waals surface area contributed by atoms with Crippen molar-refractivity contribution in [1.29, 1.82) is 0 Å². The number of fused-ring (bicyclic) bond motifs is 11. The molecule has 4 aliphatic heterocycles. The highest BCUT2D eigenvalue weighted by atomic mass is 32.2. The minimum absolute atomic E-state index is 0.118. The van der Waals surface area contributed by atoms with Gasteiger partial charge in [-0.1, -0.05) is 378 Å². The standard InChI is InChI=1S/C112H93B2N3S2/c1-109(2,3)82-54-77(55-83(65-82)110(4,5)6)80-60-100-106-104(63-80)119-103-67-87(116-96-44-30-28-42-88(96)89-43-29-31-45-97(89)116)51-53-93(103)114(106)94-68-95-99(69-98(94)115(100)86-49-46-73(47-50-86)70-32-18-13-19-33-70)117(108-90(74-38-24-16-25-39-74)58-79(72-36-22-15-23-37-72)59-91(108)75-40-26-17-27-41-75)101-61-81(78-56-84(111(7,8)9)66-85(57-78)112(10,11)12)64-105-107(101)113(95)92-52-48-76(62-102(92)118-105)71-34-20-14-21-35-71/h13-69H,1-12H3. The zero-order chi connectivity index (χ0) is 81.1. The van der Waals surface area contributed by atoms with Crippen LogP contribution in [0.3, 0.4) is 0 Å². The zero-order valence-electron chi connectivity index (χ0n) is 69.7. The van der Waals surface area contributed by atoms with Crippen molar-refractivity contribution in [3.8, 4) is 83.6 Å². The van der Waals surface area contributed by atoms with E-state index in [0.717, 1.165) is 61.8 Å². The third kappa shape index (κ3) is 12.8. The lowest BCUT2D eigenvalue weighted by Crippen LogP contribution is -2.64. The van der Waals surface area contributed by atoms with Crippen molar-refractivity contribution in [3.63, 3.8) is 0 Å². The van der Waals surface area contributed by atoms with Gasteiger partial charge in [0.2, 0.25) is 13.4 Å². The van der Waals surface area contributed by atoms with Gasteiger partial charge in [0.15, 0.2) is 0 Å². The average molecular weight is 1570 g/mol. The summed E-state index contributed by atoms with van der Waals surface area (Å²) in [4.78, 5) is 10.5. The molecule has 0 radical (unpaired) electrons. The van der Waals surface area contributed by atoms with Gasteiger partial charge >= 0.3 is 0 Å². The summed E-state index contributed by atoms with van der Waals surface area (Å²) >= 11 is 3.89. The lowest BCUT2D eigenvalue weighted by Gasteiger charge is -2.45. The van der Waals surface area contributed by atoms with Crippen molar-refractivity contribution >= 4 is 126 Å². The number of aromatic nitrogens is 1. The van der Waals surface area contributed by atoms with Gasteiger partial charge in [-0.2, -0.15) is 0 Å². The highest BCUT2D eigenvalue weighted by Gasteiger charge is 2.48. The van der Waals surface area contributed by atoms with Gasteiger partial charge in [0.25, 0.3) is 0 Å². The molecule has 0 spiro atoms. The van der Waals surface area contributed by atoms with Crippen molar-refractivity contribution in [2.45, 2.75) is 124 Å². The summed E-state index contributed by atoms with van der Waals surface area (Å²) in [5.74, 6) is 0. The zero-order valence-corrected chi connectivity index (χ0v) is 71.4. The molecule has 0 fully saturated rings. The van der Waals surface area contributed by atoms with E-state index in [9.17, 15) is 0 Å². The smallest absolute Gasteiger partial charge is 0.249 e. The van der Waals surface area contributed by atoms with E-state index in [2.05, 4.69) is 443 Å². The number of hydrogen-bond donors (Lipinski definition) is 0. The molecule has 574 valence electrons. The number of anilines is 6. The number of para-hydroxylation sites is 2. The first-order chi connectivity index (χ1) is 57.5. The van der Waals surface area contributed by atoms with Crippen molar-refractivity contribution in [2.24, 2.45) is 0 Å². The van der Waals surface area contributed by atoms with Gasteiger partial charge < -0.3 is 14.4 Å². The molecule has 0 atom stereocenters. The third-order valence-corrected chi connectivity index (χ3v) is 27.7. The van der Waals surface area contributed by atoms with Gasteiger partial charge in [-0.05, 0) is 217 Å². The molecule has 0 amide bonds. The van der Waals surface area contributed by atoms with Crippen LogP contribution in [0.1, 0.15) is 105 Å². The molecular formula is C112H93B2N3S2. The normalized spacial score (nSPS) is 13.4. The minimum atomic E-state index is -0.203. The molecule has 0 N–H and O–H groups in total. The van der Waals surface area contributed by atoms with E-state index in [1.54, 1.807) is 0 Å². The van der Waals surface area contributed by atoms with Crippen LogP contribution in [0.15, 0.2) is 365 Å². The van der Waals surface area contributed by atoms with E-state index in [1.165, 1.54) is 152 Å². The van der Waals surface area contributed by atoms with Crippen LogP contribution in [0, 0.1) is 0 Å². The average Bonchev–Trinajstić information content (AvgIpc) is 1.03. The fourth-order valence-corrected chi connectivity index (χ4v) is 21.6. The van der Waals surface area contributed by atoms with Gasteiger partial charge in [-0.15, -0.1) is 0 Å². The summed E-state index contributed by atoms with van der Waals surface area (Å²) in [6.45, 7) is 28.0. The minimum Gasteiger partial charge on any atom is -0.311 e. The Morgan fingerprint density at radius 1 is 0.227 bits per heavy atom. The van der Waals surface area contributed by atoms with Crippen LogP contribution in [0.5, 0.6) is 0 Å². The molecule has 5 heterocycles. The van der Waals surface area contributed by atoms with Gasteiger partial charge in [0.05, 0.1) is 16.7 Å². The van der Waals surface area contributed by atoms with E-state index in [4.69, 9.17) is 0 Å². The number of benzene rings is 16. The third-order valence-electron chi connectivity index (χ3n) is 25.4. The van der Waals surface area contributed by atoms with Crippen molar-refractivity contribution < 1.29 is 0 Å². The maximum atomic E-state index is 2.78. The monoisotopic (exact) mass is 1570 g/mol. The van der Waals surface area contributed by atoms with Crippen molar-refractivity contribution in [2.75, 3.05) is 9.80 Å². The molecule has 7 heteroatoms. The Labute approximate surface area is 710 Å². The fraction of sp³-hybridized carbons (Fsp3) is 0.143. The summed E-state index contributed by atoms with van der Waals surface area (Å²) in [5.41, 5.74) is 39.5. The van der Waals surface area contributed by atoms with Crippen LogP contribution in [0.4, 0.5) is 34.1 Å². The van der Waals surface area contributed by atoms with Gasteiger partial charge in [-0.3, -0.25) is 0 Å². The maximum absolute atomic E-state index is 2.78. The van der Waals surface area contributed by atoms with Crippen LogP contribution in [0.2, 0.25) is 0 Å². The Morgan fingerprint density at radius 2 is 0.563 bits per heavy atom. The molecule has 16 aromatic carbocycles. The Bertz CT molecular complexity index is 6760. The first kappa shape index (κ1) is 74.3. The second-order valence-electron chi connectivity index (χ2n) is 37.3. The predicted molar refractivity (Wildman–Crippen MR) is 513 cm³/mol. The molecule has 21 rings (SSSR count). The van der Waals surface area contributed by atoms with Crippen LogP contribution >= 0.6 is 23.5 Å². The molecular weight excluding hydrogens is 1470 g/mol. The Balaban J connectivity index is 0.921. The Kier molecular flexibility index (Phi) is 17.6. The fourth-order valence-electron chi connectivity index (χ4n) is 19.1. The second kappa shape index (κ2) is 28.2. The summed E-state index contributed by atoms with van der Waals surface area (Å²) in [5, 5.41) is 2.50. The van der Waals surface area contributed by atoms with E-state index in [0.29, 0.717) is 0 Å². The molecule has 0 unspecified atom stereocenters. The molecule has 1 aromatic heterocycles. The van der Waals surface area contributed by atoms with Crippen molar-refractivity contribution in [1.82, 2.24) is 4.57 Å². The van der Waals surface area contributed by atoms with E-state index in [1.807, 2.05) is 23.5 Å². The second-order valence-corrected chi connectivity index (χ2v) is 39.4.